The van der Waals surface area contributed by atoms with Crippen molar-refractivity contribution in [1.29, 1.82) is 0 Å². The molecule has 1 aromatic heterocycles. The van der Waals surface area contributed by atoms with Crippen LogP contribution in [0.5, 0.6) is 5.75 Å². The van der Waals surface area contributed by atoms with Crippen molar-refractivity contribution in [2.24, 2.45) is 5.84 Å². The van der Waals surface area contributed by atoms with Gasteiger partial charge in [0.2, 0.25) is 0 Å². The number of amides is 1. The third-order valence-corrected chi connectivity index (χ3v) is 2.75. The second-order valence-electron chi connectivity index (χ2n) is 4.26. The predicted octanol–water partition coefficient (Wildman–Crippen LogP) is 1.80. The topological polar surface area (TPSA) is 94.6 Å². The molecule has 0 fully saturated rings. The Bertz CT molecular complexity index is 681. The van der Waals surface area contributed by atoms with E-state index in [0.29, 0.717) is 5.76 Å². The summed E-state index contributed by atoms with van der Waals surface area (Å²) >= 11 is 0. The Morgan fingerprint density at radius 2 is 2.14 bits per heavy atom. The molecule has 0 saturated heterocycles. The molecule has 0 aliphatic carbocycles. The Kier molecular flexibility index (Phi) is 4.34. The lowest BCUT2D eigenvalue weighted by atomic mass is 10.1. The number of halogens is 1. The number of Topliss-reactive ketones (excluding diaryl/α,β-unsaturated/α-hetero) is 1. The second-order valence-corrected chi connectivity index (χ2v) is 4.26. The molecular formula is C14H13FN2O4. The van der Waals surface area contributed by atoms with Gasteiger partial charge >= 0.3 is 0 Å². The zero-order valence-electron chi connectivity index (χ0n) is 11.2. The zero-order chi connectivity index (χ0) is 15.4. The van der Waals surface area contributed by atoms with E-state index in [9.17, 15) is 14.0 Å². The van der Waals surface area contributed by atoms with Crippen LogP contribution in [0.2, 0.25) is 0 Å². The molecule has 0 unspecified atom stereocenters. The number of nitrogens with two attached hydrogens (primary N) is 1. The highest BCUT2D eigenvalue weighted by molar-refractivity contribution is 5.94. The molecule has 0 bridgehead atoms. The molecule has 0 spiro atoms. The van der Waals surface area contributed by atoms with E-state index in [0.717, 1.165) is 6.07 Å². The van der Waals surface area contributed by atoms with Gasteiger partial charge in [-0.1, -0.05) is 0 Å². The van der Waals surface area contributed by atoms with Gasteiger partial charge in [0.25, 0.3) is 5.91 Å². The fourth-order valence-corrected chi connectivity index (χ4v) is 1.68. The maximum atomic E-state index is 13.6. The van der Waals surface area contributed by atoms with Crippen LogP contribution in [0.1, 0.15) is 33.4 Å². The number of hydrogen-bond acceptors (Lipinski definition) is 5. The number of carbonyl (C=O) groups is 2. The monoisotopic (exact) mass is 292 g/mol. The van der Waals surface area contributed by atoms with Crippen molar-refractivity contribution in [2.45, 2.75) is 13.5 Å². The first-order chi connectivity index (χ1) is 10.0. The van der Waals surface area contributed by atoms with E-state index >= 15 is 0 Å². The molecular weight excluding hydrogens is 279 g/mol. The molecule has 0 aliphatic heterocycles. The summed E-state index contributed by atoms with van der Waals surface area (Å²) in [5, 5.41) is 0. The van der Waals surface area contributed by atoms with Gasteiger partial charge in [-0.05, 0) is 25.1 Å². The lowest BCUT2D eigenvalue weighted by Gasteiger charge is -2.05. The van der Waals surface area contributed by atoms with E-state index in [-0.39, 0.29) is 29.3 Å². The van der Waals surface area contributed by atoms with E-state index in [4.69, 9.17) is 15.0 Å². The fourth-order valence-electron chi connectivity index (χ4n) is 1.68. The minimum atomic E-state index is -0.650. The summed E-state index contributed by atoms with van der Waals surface area (Å²) in [7, 11) is 0. The molecule has 1 heterocycles. The summed E-state index contributed by atoms with van der Waals surface area (Å²) in [5.41, 5.74) is 2.23. The molecule has 0 atom stereocenters. The predicted molar refractivity (Wildman–Crippen MR) is 71.1 cm³/mol. The van der Waals surface area contributed by atoms with Gasteiger partial charge in [-0.15, -0.1) is 0 Å². The van der Waals surface area contributed by atoms with Crippen molar-refractivity contribution >= 4 is 11.7 Å². The third kappa shape index (κ3) is 3.46. The molecule has 2 rings (SSSR count). The van der Waals surface area contributed by atoms with Crippen molar-refractivity contribution < 1.29 is 23.1 Å². The van der Waals surface area contributed by atoms with Gasteiger partial charge in [-0.2, -0.15) is 0 Å². The van der Waals surface area contributed by atoms with Gasteiger partial charge in [-0.25, -0.2) is 10.2 Å². The van der Waals surface area contributed by atoms with Crippen LogP contribution < -0.4 is 16.0 Å². The highest BCUT2D eigenvalue weighted by atomic mass is 19.1. The third-order valence-electron chi connectivity index (χ3n) is 2.75. The summed E-state index contributed by atoms with van der Waals surface area (Å²) in [6.07, 6.45) is 1.24. The van der Waals surface area contributed by atoms with Crippen LogP contribution in [0, 0.1) is 5.82 Å². The molecule has 110 valence electrons. The summed E-state index contributed by atoms with van der Waals surface area (Å²) in [5.74, 6) is 4.13. The Hall–Kier alpha value is -2.67. The van der Waals surface area contributed by atoms with Crippen molar-refractivity contribution in [3.63, 3.8) is 0 Å². The minimum absolute atomic E-state index is 0.00208. The molecule has 0 saturated carbocycles. The standard InChI is InChI=1S/C14H13FN2O4/c1-8(18)12-3-2-10(5-13(12)15)21-7-11-4-9(6-20-11)14(19)17-16/h2-6H,7,16H2,1H3,(H,17,19). The maximum Gasteiger partial charge on any atom is 0.268 e. The lowest BCUT2D eigenvalue weighted by molar-refractivity contribution is 0.0952. The highest BCUT2D eigenvalue weighted by Gasteiger charge is 2.11. The molecule has 6 nitrogen and oxygen atoms in total. The summed E-state index contributed by atoms with van der Waals surface area (Å²) in [6, 6.07) is 5.41. The van der Waals surface area contributed by atoms with Crippen LogP contribution in [0.4, 0.5) is 4.39 Å². The Labute approximate surface area is 119 Å². The maximum absolute atomic E-state index is 13.6. The number of ether oxygens (including phenoxy) is 1. The number of rotatable bonds is 5. The van der Waals surface area contributed by atoms with Crippen molar-refractivity contribution in [2.75, 3.05) is 0 Å². The average molecular weight is 292 g/mol. The van der Waals surface area contributed by atoms with Gasteiger partial charge in [0.05, 0.1) is 11.1 Å². The van der Waals surface area contributed by atoms with Crippen LogP contribution in [-0.2, 0) is 6.61 Å². The molecule has 2 aromatic rings. The number of furan rings is 1. The van der Waals surface area contributed by atoms with E-state index in [1.54, 1.807) is 0 Å². The van der Waals surface area contributed by atoms with Crippen LogP contribution in [0.25, 0.3) is 0 Å². The van der Waals surface area contributed by atoms with Crippen LogP contribution in [-0.4, -0.2) is 11.7 Å². The number of hydrazine groups is 1. The molecule has 1 amide bonds. The number of ketones is 1. The first-order valence-corrected chi connectivity index (χ1v) is 6.03. The molecule has 0 radical (unpaired) electrons. The SMILES string of the molecule is CC(=O)c1ccc(OCc2cc(C(=O)NN)co2)cc1F. The van der Waals surface area contributed by atoms with Crippen LogP contribution in [0.3, 0.4) is 0 Å². The van der Waals surface area contributed by atoms with Crippen molar-refractivity contribution in [3.8, 4) is 5.75 Å². The second kappa shape index (κ2) is 6.19. The smallest absolute Gasteiger partial charge is 0.268 e. The summed E-state index contributed by atoms with van der Waals surface area (Å²) in [4.78, 5) is 22.3. The van der Waals surface area contributed by atoms with Gasteiger partial charge < -0.3 is 9.15 Å². The van der Waals surface area contributed by atoms with E-state index in [2.05, 4.69) is 0 Å². The van der Waals surface area contributed by atoms with Gasteiger partial charge in [0.15, 0.2) is 5.78 Å². The number of nitrogen functional groups attached to an aromatic ring is 1. The number of carbonyl (C=O) groups excluding carboxylic acids is 2. The first-order valence-electron chi connectivity index (χ1n) is 6.03. The number of nitrogens with one attached hydrogen (secondary N) is 1. The van der Waals surface area contributed by atoms with Crippen molar-refractivity contribution in [1.82, 2.24) is 5.43 Å². The fraction of sp³-hybridized carbons (Fsp3) is 0.143. The van der Waals surface area contributed by atoms with E-state index in [1.807, 2.05) is 5.43 Å². The number of benzene rings is 1. The average Bonchev–Trinajstić information content (AvgIpc) is 2.92. The zero-order valence-corrected chi connectivity index (χ0v) is 11.2. The molecule has 0 aliphatic rings. The lowest BCUT2D eigenvalue weighted by Crippen LogP contribution is -2.29. The van der Waals surface area contributed by atoms with Gasteiger partial charge in [-0.3, -0.25) is 15.0 Å². The Morgan fingerprint density at radius 3 is 2.76 bits per heavy atom. The quantitative estimate of drug-likeness (QED) is 0.379. The highest BCUT2D eigenvalue weighted by Crippen LogP contribution is 2.19. The van der Waals surface area contributed by atoms with Gasteiger partial charge in [0.1, 0.15) is 30.2 Å². The molecule has 3 N–H and O–H groups in total. The first kappa shape index (κ1) is 14.7. The van der Waals surface area contributed by atoms with Gasteiger partial charge in [0, 0.05) is 6.07 Å². The normalized spacial score (nSPS) is 10.2. The minimum Gasteiger partial charge on any atom is -0.486 e. The van der Waals surface area contributed by atoms with E-state index in [1.165, 1.54) is 31.4 Å². The molecule has 1 aromatic carbocycles. The van der Waals surface area contributed by atoms with Crippen LogP contribution in [0.15, 0.2) is 34.9 Å². The summed E-state index contributed by atoms with van der Waals surface area (Å²) < 4.78 is 24.0. The molecule has 7 heteroatoms. The largest absolute Gasteiger partial charge is 0.486 e. The molecule has 21 heavy (non-hydrogen) atoms. The number of hydrogen-bond donors (Lipinski definition) is 2. The van der Waals surface area contributed by atoms with Crippen molar-refractivity contribution in [3.05, 3.63) is 53.2 Å². The summed E-state index contributed by atoms with van der Waals surface area (Å²) in [6.45, 7) is 1.29. The Balaban J connectivity index is 2.03. The van der Waals surface area contributed by atoms with Crippen LogP contribution >= 0.6 is 0 Å². The van der Waals surface area contributed by atoms with E-state index < -0.39 is 11.7 Å². The Morgan fingerprint density at radius 1 is 1.38 bits per heavy atom.